The zero-order valence-corrected chi connectivity index (χ0v) is 12.8. The molecule has 0 aliphatic heterocycles. The first-order valence-corrected chi connectivity index (χ1v) is 7.39. The van der Waals surface area contributed by atoms with Crippen LogP contribution in [0.3, 0.4) is 0 Å². The van der Waals surface area contributed by atoms with Gasteiger partial charge in [-0.15, -0.1) is 11.3 Å². The number of ether oxygens (including phenoxy) is 1. The standard InChI is InChI=1S/C15H17FN2O2S/c1-10-13(6-7-17-14(19)9-20-2)21-15(18-10)11-4-3-5-12(16)8-11/h3-5,8H,6-7,9H2,1-2H3,(H,17,19). The van der Waals surface area contributed by atoms with Crippen LogP contribution >= 0.6 is 11.3 Å². The number of hydrogen-bond acceptors (Lipinski definition) is 4. The molecule has 4 nitrogen and oxygen atoms in total. The number of rotatable bonds is 6. The zero-order valence-electron chi connectivity index (χ0n) is 12.0. The Kier molecular flexibility index (Phi) is 5.41. The van der Waals surface area contributed by atoms with Gasteiger partial charge in [-0.05, 0) is 19.1 Å². The fourth-order valence-electron chi connectivity index (χ4n) is 1.90. The Morgan fingerprint density at radius 3 is 3.00 bits per heavy atom. The van der Waals surface area contributed by atoms with Gasteiger partial charge in [-0.3, -0.25) is 4.79 Å². The van der Waals surface area contributed by atoms with Gasteiger partial charge in [0.2, 0.25) is 5.91 Å². The highest BCUT2D eigenvalue weighted by Gasteiger charge is 2.10. The van der Waals surface area contributed by atoms with E-state index in [0.717, 1.165) is 21.1 Å². The molecule has 0 unspecified atom stereocenters. The number of hydrogen-bond donors (Lipinski definition) is 1. The van der Waals surface area contributed by atoms with E-state index in [1.54, 1.807) is 6.07 Å². The molecule has 0 atom stereocenters. The molecule has 0 saturated heterocycles. The minimum atomic E-state index is -0.270. The number of amides is 1. The van der Waals surface area contributed by atoms with Crippen molar-refractivity contribution < 1.29 is 13.9 Å². The zero-order chi connectivity index (χ0) is 15.2. The number of aromatic nitrogens is 1. The number of thiazole rings is 1. The Labute approximate surface area is 127 Å². The smallest absolute Gasteiger partial charge is 0.245 e. The van der Waals surface area contributed by atoms with Crippen molar-refractivity contribution in [2.75, 3.05) is 20.3 Å². The first-order chi connectivity index (χ1) is 10.1. The van der Waals surface area contributed by atoms with Crippen LogP contribution < -0.4 is 5.32 Å². The van der Waals surface area contributed by atoms with E-state index in [1.807, 2.05) is 13.0 Å². The maximum atomic E-state index is 13.2. The highest BCUT2D eigenvalue weighted by atomic mass is 32.1. The second-order valence-corrected chi connectivity index (χ2v) is 5.65. The first kappa shape index (κ1) is 15.6. The summed E-state index contributed by atoms with van der Waals surface area (Å²) in [6.07, 6.45) is 0.703. The van der Waals surface area contributed by atoms with Gasteiger partial charge in [0.15, 0.2) is 0 Å². The molecule has 6 heteroatoms. The van der Waals surface area contributed by atoms with Crippen molar-refractivity contribution in [2.24, 2.45) is 0 Å². The molecule has 21 heavy (non-hydrogen) atoms. The van der Waals surface area contributed by atoms with E-state index >= 15 is 0 Å². The van der Waals surface area contributed by atoms with Crippen molar-refractivity contribution in [3.63, 3.8) is 0 Å². The highest BCUT2D eigenvalue weighted by Crippen LogP contribution is 2.28. The van der Waals surface area contributed by atoms with Crippen molar-refractivity contribution in [3.05, 3.63) is 40.7 Å². The summed E-state index contributed by atoms with van der Waals surface area (Å²) in [6, 6.07) is 6.40. The summed E-state index contributed by atoms with van der Waals surface area (Å²) >= 11 is 1.53. The molecule has 0 bridgehead atoms. The molecule has 2 aromatic rings. The van der Waals surface area contributed by atoms with Crippen LogP contribution in [0.2, 0.25) is 0 Å². The lowest BCUT2D eigenvalue weighted by Crippen LogP contribution is -2.28. The van der Waals surface area contributed by atoms with Crippen LogP contribution in [0, 0.1) is 12.7 Å². The second-order valence-electron chi connectivity index (χ2n) is 4.57. The maximum Gasteiger partial charge on any atom is 0.245 e. The molecule has 1 aromatic heterocycles. The largest absolute Gasteiger partial charge is 0.375 e. The summed E-state index contributed by atoms with van der Waals surface area (Å²) < 4.78 is 18.0. The van der Waals surface area contributed by atoms with Crippen molar-refractivity contribution in [1.82, 2.24) is 10.3 Å². The van der Waals surface area contributed by atoms with Gasteiger partial charge >= 0.3 is 0 Å². The normalized spacial score (nSPS) is 10.6. The third-order valence-corrected chi connectivity index (χ3v) is 4.18. The summed E-state index contributed by atoms with van der Waals surface area (Å²) in [7, 11) is 1.48. The minimum Gasteiger partial charge on any atom is -0.375 e. The van der Waals surface area contributed by atoms with Crippen LogP contribution in [-0.2, 0) is 16.0 Å². The van der Waals surface area contributed by atoms with Crippen molar-refractivity contribution in [2.45, 2.75) is 13.3 Å². The molecule has 0 fully saturated rings. The van der Waals surface area contributed by atoms with Crippen LogP contribution in [-0.4, -0.2) is 31.2 Å². The van der Waals surface area contributed by atoms with Gasteiger partial charge in [-0.2, -0.15) is 0 Å². The molecule has 112 valence electrons. The number of benzene rings is 1. The molecule has 0 aliphatic carbocycles. The van der Waals surface area contributed by atoms with Gasteiger partial charge in [-0.1, -0.05) is 12.1 Å². The molecule has 1 amide bonds. The first-order valence-electron chi connectivity index (χ1n) is 6.58. The van der Waals surface area contributed by atoms with Crippen LogP contribution in [0.5, 0.6) is 0 Å². The summed E-state index contributed by atoms with van der Waals surface area (Å²) in [5.74, 6) is -0.404. The van der Waals surface area contributed by atoms with E-state index < -0.39 is 0 Å². The van der Waals surface area contributed by atoms with E-state index in [0.29, 0.717) is 13.0 Å². The van der Waals surface area contributed by atoms with Crippen LogP contribution in [0.4, 0.5) is 4.39 Å². The van der Waals surface area contributed by atoms with E-state index in [-0.39, 0.29) is 18.3 Å². The lowest BCUT2D eigenvalue weighted by molar-refractivity contribution is -0.124. The second kappa shape index (κ2) is 7.28. The van der Waals surface area contributed by atoms with E-state index in [2.05, 4.69) is 10.3 Å². The van der Waals surface area contributed by atoms with Crippen LogP contribution in [0.15, 0.2) is 24.3 Å². The predicted octanol–water partition coefficient (Wildman–Crippen LogP) is 2.56. The summed E-state index contributed by atoms with van der Waals surface area (Å²) in [5.41, 5.74) is 1.69. The number of nitrogens with zero attached hydrogens (tertiary/aromatic N) is 1. The predicted molar refractivity (Wildman–Crippen MR) is 80.8 cm³/mol. The van der Waals surface area contributed by atoms with Crippen molar-refractivity contribution in [3.8, 4) is 10.6 Å². The number of halogens is 1. The fraction of sp³-hybridized carbons (Fsp3) is 0.333. The topological polar surface area (TPSA) is 51.2 Å². The van der Waals surface area contributed by atoms with Crippen LogP contribution in [0.1, 0.15) is 10.6 Å². The average Bonchev–Trinajstić information content (AvgIpc) is 2.81. The maximum absolute atomic E-state index is 13.2. The van der Waals surface area contributed by atoms with E-state index in [9.17, 15) is 9.18 Å². The Morgan fingerprint density at radius 2 is 2.29 bits per heavy atom. The number of carbonyl (C=O) groups excluding carboxylic acids is 1. The number of aryl methyl sites for hydroxylation is 1. The van der Waals surface area contributed by atoms with Gasteiger partial charge in [-0.25, -0.2) is 9.37 Å². The van der Waals surface area contributed by atoms with Crippen molar-refractivity contribution >= 4 is 17.2 Å². The molecule has 0 aliphatic rings. The molecule has 1 heterocycles. The summed E-state index contributed by atoms with van der Waals surface area (Å²) in [6.45, 7) is 2.52. The third-order valence-electron chi connectivity index (χ3n) is 2.91. The lowest BCUT2D eigenvalue weighted by Gasteiger charge is -2.03. The Morgan fingerprint density at radius 1 is 1.48 bits per heavy atom. The van der Waals surface area contributed by atoms with Gasteiger partial charge < -0.3 is 10.1 Å². The van der Waals surface area contributed by atoms with Gasteiger partial charge in [0, 0.05) is 30.5 Å². The Balaban J connectivity index is 2.01. The molecule has 1 N–H and O–H groups in total. The molecule has 1 aromatic carbocycles. The number of carbonyl (C=O) groups is 1. The highest BCUT2D eigenvalue weighted by molar-refractivity contribution is 7.15. The monoisotopic (exact) mass is 308 g/mol. The quantitative estimate of drug-likeness (QED) is 0.892. The van der Waals surface area contributed by atoms with Gasteiger partial charge in [0.1, 0.15) is 17.4 Å². The molecule has 0 saturated carbocycles. The molecular weight excluding hydrogens is 291 g/mol. The average molecular weight is 308 g/mol. The Bertz CT molecular complexity index is 628. The van der Waals surface area contributed by atoms with Crippen molar-refractivity contribution in [1.29, 1.82) is 0 Å². The molecule has 0 spiro atoms. The summed E-state index contributed by atoms with van der Waals surface area (Å²) in [4.78, 5) is 16.9. The third kappa shape index (κ3) is 4.34. The van der Waals surface area contributed by atoms with Gasteiger partial charge in [0.05, 0.1) is 5.69 Å². The van der Waals surface area contributed by atoms with Gasteiger partial charge in [0.25, 0.3) is 0 Å². The SMILES string of the molecule is COCC(=O)NCCc1sc(-c2cccc(F)c2)nc1C. The van der Waals surface area contributed by atoms with Crippen LogP contribution in [0.25, 0.3) is 10.6 Å². The van der Waals surface area contributed by atoms with E-state index in [1.165, 1.54) is 30.6 Å². The fourth-order valence-corrected chi connectivity index (χ4v) is 2.96. The molecule has 2 rings (SSSR count). The minimum absolute atomic E-state index is 0.0657. The number of methoxy groups -OCH3 is 1. The molecular formula is C15H17FN2O2S. The Hall–Kier alpha value is -1.79. The number of nitrogens with one attached hydrogen (secondary N) is 1. The lowest BCUT2D eigenvalue weighted by atomic mass is 10.2. The molecule has 0 radical (unpaired) electrons. The van der Waals surface area contributed by atoms with E-state index in [4.69, 9.17) is 4.74 Å². The summed E-state index contributed by atoms with van der Waals surface area (Å²) in [5, 5.41) is 3.57.